The number of ether oxygens (including phenoxy) is 1. The van der Waals surface area contributed by atoms with Crippen LogP contribution in [-0.2, 0) is 21.3 Å². The molecule has 0 aliphatic rings. The summed E-state index contributed by atoms with van der Waals surface area (Å²) in [6.45, 7) is 1.89. The van der Waals surface area contributed by atoms with Crippen LogP contribution in [0.4, 0.5) is 0 Å². The first-order valence-corrected chi connectivity index (χ1v) is 8.39. The van der Waals surface area contributed by atoms with Gasteiger partial charge in [-0.2, -0.15) is 9.40 Å². The lowest BCUT2D eigenvalue weighted by Crippen LogP contribution is -2.28. The van der Waals surface area contributed by atoms with Crippen molar-refractivity contribution < 1.29 is 17.9 Å². The number of H-pyrrole nitrogens is 1. The maximum Gasteiger partial charge on any atom is 0.342 e. The second-order valence-corrected chi connectivity index (χ2v) is 6.77. The fourth-order valence-electron chi connectivity index (χ4n) is 1.61. The molecule has 2 aromatic rings. The minimum atomic E-state index is -3.89. The number of aromatic nitrogens is 3. The van der Waals surface area contributed by atoms with E-state index in [1.807, 2.05) is 0 Å². The summed E-state index contributed by atoms with van der Waals surface area (Å²) in [5.41, 5.74) is 2.14. The van der Waals surface area contributed by atoms with Gasteiger partial charge in [-0.3, -0.25) is 5.10 Å². The molecule has 0 aliphatic heterocycles. The first-order valence-electron chi connectivity index (χ1n) is 6.00. The Morgan fingerprint density at radius 3 is 2.90 bits per heavy atom. The van der Waals surface area contributed by atoms with Gasteiger partial charge in [0.15, 0.2) is 5.03 Å². The lowest BCUT2D eigenvalue weighted by molar-refractivity contribution is 0.0521. The Labute approximate surface area is 125 Å². The van der Waals surface area contributed by atoms with Gasteiger partial charge in [-0.05, 0) is 6.92 Å². The van der Waals surface area contributed by atoms with E-state index in [1.165, 1.54) is 18.4 Å². The third-order valence-electron chi connectivity index (χ3n) is 2.64. The van der Waals surface area contributed by atoms with Gasteiger partial charge in [0.1, 0.15) is 5.56 Å². The molecule has 2 rings (SSSR count). The van der Waals surface area contributed by atoms with Crippen molar-refractivity contribution in [3.8, 4) is 0 Å². The van der Waals surface area contributed by atoms with Gasteiger partial charge in [0.25, 0.3) is 10.0 Å². The number of nitrogens with one attached hydrogen (secondary N) is 1. The summed E-state index contributed by atoms with van der Waals surface area (Å²) in [6.07, 6.45) is 1.14. The van der Waals surface area contributed by atoms with E-state index >= 15 is 0 Å². The zero-order valence-corrected chi connectivity index (χ0v) is 13.1. The predicted molar refractivity (Wildman–Crippen MR) is 75.3 cm³/mol. The number of thiazole rings is 1. The van der Waals surface area contributed by atoms with Crippen LogP contribution >= 0.6 is 11.3 Å². The van der Waals surface area contributed by atoms with Crippen LogP contribution in [0.2, 0.25) is 0 Å². The number of sulfonamides is 1. The van der Waals surface area contributed by atoms with Crippen LogP contribution in [0, 0.1) is 0 Å². The molecule has 2 aromatic heterocycles. The summed E-state index contributed by atoms with van der Waals surface area (Å²) >= 11 is 1.38. The van der Waals surface area contributed by atoms with Gasteiger partial charge in [0.05, 0.1) is 30.6 Å². The Morgan fingerprint density at radius 2 is 2.29 bits per heavy atom. The zero-order valence-electron chi connectivity index (χ0n) is 11.4. The first-order chi connectivity index (χ1) is 9.96. The van der Waals surface area contributed by atoms with Crippen molar-refractivity contribution in [3.63, 3.8) is 0 Å². The quantitative estimate of drug-likeness (QED) is 0.788. The lowest BCUT2D eigenvalue weighted by Gasteiger charge is -2.15. The highest BCUT2D eigenvalue weighted by atomic mass is 32.2. The molecular weight excluding hydrogens is 316 g/mol. The molecule has 10 heteroatoms. The number of rotatable bonds is 6. The molecule has 0 radical (unpaired) electrons. The molecular formula is C11H14N4O4S2. The zero-order chi connectivity index (χ0) is 15.5. The predicted octanol–water partition coefficient (Wildman–Crippen LogP) is 0.864. The fourth-order valence-corrected chi connectivity index (χ4v) is 3.36. The molecule has 0 atom stereocenters. The summed E-state index contributed by atoms with van der Waals surface area (Å²) in [5, 5.41) is 7.45. The smallest absolute Gasteiger partial charge is 0.342 e. The summed E-state index contributed by atoms with van der Waals surface area (Å²) in [4.78, 5) is 15.8. The molecule has 0 saturated carbocycles. The Hall–Kier alpha value is -1.78. The summed E-state index contributed by atoms with van der Waals surface area (Å²) in [5.74, 6) is -0.730. The molecule has 0 saturated heterocycles. The normalized spacial score (nSPS) is 11.8. The lowest BCUT2D eigenvalue weighted by atomic mass is 10.4. The second-order valence-electron chi connectivity index (χ2n) is 4.07. The molecule has 0 fully saturated rings. The molecule has 1 N–H and O–H groups in total. The van der Waals surface area contributed by atoms with Crippen LogP contribution < -0.4 is 0 Å². The van der Waals surface area contributed by atoms with Gasteiger partial charge >= 0.3 is 5.97 Å². The van der Waals surface area contributed by atoms with Crippen LogP contribution in [-0.4, -0.2) is 47.5 Å². The van der Waals surface area contributed by atoms with Gasteiger partial charge < -0.3 is 4.74 Å². The summed E-state index contributed by atoms with van der Waals surface area (Å²) < 4.78 is 30.9. The fraction of sp³-hybridized carbons (Fsp3) is 0.364. The number of carbonyl (C=O) groups is 1. The summed E-state index contributed by atoms with van der Waals surface area (Å²) in [6, 6.07) is 0. The Bertz CT molecular complexity index is 708. The maximum absolute atomic E-state index is 12.5. The average molecular weight is 330 g/mol. The van der Waals surface area contributed by atoms with Crippen molar-refractivity contribution in [2.24, 2.45) is 0 Å². The molecule has 0 spiro atoms. The monoisotopic (exact) mass is 330 g/mol. The number of hydrogen-bond acceptors (Lipinski definition) is 7. The van der Waals surface area contributed by atoms with E-state index in [4.69, 9.17) is 4.74 Å². The van der Waals surface area contributed by atoms with E-state index in [0.29, 0.717) is 5.69 Å². The molecule has 21 heavy (non-hydrogen) atoms. The Morgan fingerprint density at radius 1 is 1.52 bits per heavy atom. The minimum Gasteiger partial charge on any atom is -0.462 e. The van der Waals surface area contributed by atoms with E-state index < -0.39 is 16.0 Å². The molecule has 0 unspecified atom stereocenters. The van der Waals surface area contributed by atoms with Crippen molar-refractivity contribution in [3.05, 3.63) is 28.3 Å². The van der Waals surface area contributed by atoms with Crippen LogP contribution in [0.5, 0.6) is 0 Å². The highest BCUT2D eigenvalue weighted by Gasteiger charge is 2.29. The number of carbonyl (C=O) groups excluding carboxylic acids is 1. The van der Waals surface area contributed by atoms with E-state index in [0.717, 1.165) is 10.5 Å². The summed E-state index contributed by atoms with van der Waals surface area (Å²) in [7, 11) is -2.48. The van der Waals surface area contributed by atoms with E-state index in [-0.39, 0.29) is 23.7 Å². The molecule has 8 nitrogen and oxygen atoms in total. The number of aromatic amines is 1. The van der Waals surface area contributed by atoms with Gasteiger partial charge in [-0.15, -0.1) is 11.3 Å². The minimum absolute atomic E-state index is 0.104. The van der Waals surface area contributed by atoms with Crippen molar-refractivity contribution in [2.45, 2.75) is 18.5 Å². The molecule has 2 heterocycles. The standard InChI is InChI=1S/C11H14N4O4S2/c1-3-19-11(16)9-4-13-14-10(9)21(17,18)15(2)5-8-6-20-7-12-8/h4,6-7H,3,5H2,1-2H3,(H,13,14). The van der Waals surface area contributed by atoms with E-state index in [2.05, 4.69) is 15.2 Å². The molecule has 0 aliphatic carbocycles. The van der Waals surface area contributed by atoms with Gasteiger partial charge in [0, 0.05) is 12.4 Å². The van der Waals surface area contributed by atoms with Crippen molar-refractivity contribution >= 4 is 27.3 Å². The molecule has 0 bridgehead atoms. The average Bonchev–Trinajstić information content (AvgIpc) is 3.09. The van der Waals surface area contributed by atoms with Gasteiger partial charge in [-0.1, -0.05) is 0 Å². The SMILES string of the molecule is CCOC(=O)c1cn[nH]c1S(=O)(=O)N(C)Cc1cscn1. The third kappa shape index (κ3) is 3.28. The van der Waals surface area contributed by atoms with Crippen molar-refractivity contribution in [2.75, 3.05) is 13.7 Å². The highest BCUT2D eigenvalue weighted by molar-refractivity contribution is 7.89. The van der Waals surface area contributed by atoms with Crippen molar-refractivity contribution in [1.82, 2.24) is 19.5 Å². The molecule has 0 amide bonds. The van der Waals surface area contributed by atoms with Crippen LogP contribution in [0.15, 0.2) is 22.1 Å². The number of hydrogen-bond donors (Lipinski definition) is 1. The van der Waals surface area contributed by atoms with Crippen LogP contribution in [0.25, 0.3) is 0 Å². The van der Waals surface area contributed by atoms with Crippen LogP contribution in [0.1, 0.15) is 23.0 Å². The van der Waals surface area contributed by atoms with E-state index in [1.54, 1.807) is 17.8 Å². The Balaban J connectivity index is 2.27. The largest absolute Gasteiger partial charge is 0.462 e. The number of esters is 1. The first kappa shape index (κ1) is 15.6. The topological polar surface area (TPSA) is 105 Å². The van der Waals surface area contributed by atoms with E-state index in [9.17, 15) is 13.2 Å². The molecule has 0 aromatic carbocycles. The molecule has 114 valence electrons. The van der Waals surface area contributed by atoms with Crippen molar-refractivity contribution in [1.29, 1.82) is 0 Å². The maximum atomic E-state index is 12.5. The third-order valence-corrected chi connectivity index (χ3v) is 5.05. The van der Waals surface area contributed by atoms with Crippen LogP contribution in [0.3, 0.4) is 0 Å². The van der Waals surface area contributed by atoms with Gasteiger partial charge in [0.2, 0.25) is 0 Å². The number of nitrogens with zero attached hydrogens (tertiary/aromatic N) is 3. The highest BCUT2D eigenvalue weighted by Crippen LogP contribution is 2.19. The second kappa shape index (κ2) is 6.33. The Kier molecular flexibility index (Phi) is 4.70. The van der Waals surface area contributed by atoms with Gasteiger partial charge in [-0.25, -0.2) is 18.2 Å².